The molecule has 6 heteroatoms. The van der Waals surface area contributed by atoms with E-state index >= 15 is 0 Å². The number of hydrogen-bond acceptors (Lipinski definition) is 5. The van der Waals surface area contributed by atoms with Crippen LogP contribution in [0.4, 0.5) is 5.13 Å². The minimum atomic E-state index is -0.270. The summed E-state index contributed by atoms with van der Waals surface area (Å²) in [6.07, 6.45) is 0. The molecule has 0 radical (unpaired) electrons. The average molecular weight is 349 g/mol. The summed E-state index contributed by atoms with van der Waals surface area (Å²) in [5.41, 5.74) is 3.84. The number of benzene rings is 2. The summed E-state index contributed by atoms with van der Waals surface area (Å²) >= 11 is 1.45. The lowest BCUT2D eigenvalue weighted by molar-refractivity contribution is 0.102. The summed E-state index contributed by atoms with van der Waals surface area (Å²) in [7, 11) is 0. The quantitative estimate of drug-likeness (QED) is 0.576. The maximum absolute atomic E-state index is 12.8. The number of aromatic nitrogens is 2. The summed E-state index contributed by atoms with van der Waals surface area (Å²) in [6, 6.07) is 15.5. The number of fused-ring (bicyclic) bond motifs is 1. The van der Waals surface area contributed by atoms with E-state index in [0.717, 1.165) is 21.3 Å². The van der Waals surface area contributed by atoms with Gasteiger partial charge < -0.3 is 4.52 Å². The molecule has 0 aliphatic rings. The molecular weight excluding hydrogens is 334 g/mol. The molecule has 1 amide bonds. The molecule has 25 heavy (non-hydrogen) atoms. The van der Waals surface area contributed by atoms with Gasteiger partial charge in [-0.05, 0) is 31.5 Å². The Hall–Kier alpha value is -2.99. The van der Waals surface area contributed by atoms with Gasteiger partial charge in [-0.1, -0.05) is 52.9 Å². The lowest BCUT2D eigenvalue weighted by Gasteiger charge is -2.02. The number of thiazole rings is 1. The van der Waals surface area contributed by atoms with Crippen LogP contribution in [0.15, 0.2) is 53.1 Å². The highest BCUT2D eigenvalue weighted by Crippen LogP contribution is 2.29. The summed E-state index contributed by atoms with van der Waals surface area (Å²) in [6.45, 7) is 3.76. The Balaban J connectivity index is 1.68. The molecule has 0 atom stereocenters. The Morgan fingerprint density at radius 1 is 1.12 bits per heavy atom. The van der Waals surface area contributed by atoms with Crippen LogP contribution in [0.25, 0.3) is 21.5 Å². The van der Waals surface area contributed by atoms with Gasteiger partial charge in [0.15, 0.2) is 5.13 Å². The molecule has 4 rings (SSSR count). The second-order valence-electron chi connectivity index (χ2n) is 5.77. The third-order valence-corrected chi connectivity index (χ3v) is 4.84. The monoisotopic (exact) mass is 349 g/mol. The van der Waals surface area contributed by atoms with Crippen LogP contribution in [-0.2, 0) is 0 Å². The minimum Gasteiger partial charge on any atom is -0.360 e. The second-order valence-corrected chi connectivity index (χ2v) is 6.80. The van der Waals surface area contributed by atoms with Crippen LogP contribution in [0.5, 0.6) is 0 Å². The predicted molar refractivity (Wildman–Crippen MR) is 99.0 cm³/mol. The molecule has 0 unspecified atom stereocenters. The molecule has 0 aliphatic carbocycles. The van der Waals surface area contributed by atoms with Crippen molar-refractivity contribution in [2.75, 3.05) is 5.32 Å². The fraction of sp³-hybridized carbons (Fsp3) is 0.105. The van der Waals surface area contributed by atoms with E-state index in [4.69, 9.17) is 4.52 Å². The van der Waals surface area contributed by atoms with E-state index < -0.39 is 0 Å². The first kappa shape index (κ1) is 15.5. The number of rotatable bonds is 3. The summed E-state index contributed by atoms with van der Waals surface area (Å²) in [5, 5.41) is 7.48. The van der Waals surface area contributed by atoms with Crippen molar-refractivity contribution in [3.63, 3.8) is 0 Å². The van der Waals surface area contributed by atoms with E-state index in [2.05, 4.69) is 21.5 Å². The van der Waals surface area contributed by atoms with Crippen molar-refractivity contribution >= 4 is 32.6 Å². The molecule has 2 heterocycles. The highest BCUT2D eigenvalue weighted by atomic mass is 32.1. The van der Waals surface area contributed by atoms with Gasteiger partial charge in [-0.3, -0.25) is 10.1 Å². The Kier molecular flexibility index (Phi) is 3.82. The number of anilines is 1. The van der Waals surface area contributed by atoms with Crippen molar-refractivity contribution in [1.82, 2.24) is 10.1 Å². The van der Waals surface area contributed by atoms with Gasteiger partial charge in [-0.25, -0.2) is 4.98 Å². The first-order valence-electron chi connectivity index (χ1n) is 7.82. The molecule has 0 bridgehead atoms. The smallest absolute Gasteiger partial charge is 0.263 e. The Morgan fingerprint density at radius 2 is 1.92 bits per heavy atom. The first-order chi connectivity index (χ1) is 12.1. The molecule has 0 fully saturated rings. The number of carbonyl (C=O) groups excluding carboxylic acids is 1. The lowest BCUT2D eigenvalue weighted by atomic mass is 10.1. The number of amides is 1. The minimum absolute atomic E-state index is 0.270. The van der Waals surface area contributed by atoms with Crippen LogP contribution in [0.2, 0.25) is 0 Å². The zero-order chi connectivity index (χ0) is 17.4. The molecule has 0 spiro atoms. The van der Waals surface area contributed by atoms with Gasteiger partial charge >= 0.3 is 0 Å². The largest absolute Gasteiger partial charge is 0.360 e. The molecule has 0 aliphatic heterocycles. The fourth-order valence-electron chi connectivity index (χ4n) is 2.68. The molecular formula is C19H15N3O2S. The van der Waals surface area contributed by atoms with E-state index in [9.17, 15) is 4.79 Å². The van der Waals surface area contributed by atoms with Gasteiger partial charge in [0.05, 0.1) is 10.2 Å². The number of carbonyl (C=O) groups is 1. The summed E-state index contributed by atoms with van der Waals surface area (Å²) in [4.78, 5) is 17.3. The Labute approximate surface area is 148 Å². The number of aryl methyl sites for hydroxylation is 2. The highest BCUT2D eigenvalue weighted by Gasteiger charge is 2.22. The standard InChI is InChI=1S/C19H15N3O2S/c1-11-8-9-14-15(10-11)25-19(20-14)21-18(23)16-12(2)24-22-17(16)13-6-4-3-5-7-13/h3-10H,1-2H3,(H,20,21,23). The third kappa shape index (κ3) is 2.92. The van der Waals surface area contributed by atoms with Crippen molar-refractivity contribution in [2.24, 2.45) is 0 Å². The van der Waals surface area contributed by atoms with Gasteiger partial charge in [0, 0.05) is 5.56 Å². The first-order valence-corrected chi connectivity index (χ1v) is 8.64. The van der Waals surface area contributed by atoms with Gasteiger partial charge in [0.2, 0.25) is 0 Å². The van der Waals surface area contributed by atoms with E-state index in [0.29, 0.717) is 22.1 Å². The van der Waals surface area contributed by atoms with Crippen LogP contribution in [0.3, 0.4) is 0 Å². The molecule has 2 aromatic heterocycles. The van der Waals surface area contributed by atoms with Crippen LogP contribution in [0.1, 0.15) is 21.7 Å². The predicted octanol–water partition coefficient (Wildman–Crippen LogP) is 4.82. The summed E-state index contributed by atoms with van der Waals surface area (Å²) < 4.78 is 6.30. The van der Waals surface area contributed by atoms with Gasteiger partial charge in [0.1, 0.15) is 17.0 Å². The van der Waals surface area contributed by atoms with E-state index in [1.807, 2.05) is 49.4 Å². The van der Waals surface area contributed by atoms with Crippen LogP contribution in [0, 0.1) is 13.8 Å². The van der Waals surface area contributed by atoms with Gasteiger partial charge in [0.25, 0.3) is 5.91 Å². The number of nitrogens with one attached hydrogen (secondary N) is 1. The van der Waals surface area contributed by atoms with E-state index in [1.165, 1.54) is 11.3 Å². The van der Waals surface area contributed by atoms with Crippen molar-refractivity contribution in [3.05, 3.63) is 65.4 Å². The molecule has 0 saturated carbocycles. The van der Waals surface area contributed by atoms with E-state index in [1.54, 1.807) is 6.92 Å². The molecule has 2 aromatic carbocycles. The van der Waals surface area contributed by atoms with Crippen molar-refractivity contribution in [2.45, 2.75) is 13.8 Å². The normalized spacial score (nSPS) is 11.0. The zero-order valence-corrected chi connectivity index (χ0v) is 14.6. The second kappa shape index (κ2) is 6.14. The maximum Gasteiger partial charge on any atom is 0.263 e. The molecule has 1 N–H and O–H groups in total. The van der Waals surface area contributed by atoms with Crippen molar-refractivity contribution < 1.29 is 9.32 Å². The Morgan fingerprint density at radius 3 is 2.72 bits per heavy atom. The average Bonchev–Trinajstić information content (AvgIpc) is 3.18. The molecule has 124 valence electrons. The van der Waals surface area contributed by atoms with Crippen LogP contribution >= 0.6 is 11.3 Å². The molecule has 0 saturated heterocycles. The van der Waals surface area contributed by atoms with Gasteiger partial charge in [-0.2, -0.15) is 0 Å². The lowest BCUT2D eigenvalue weighted by Crippen LogP contribution is -2.13. The SMILES string of the molecule is Cc1ccc2nc(NC(=O)c3c(-c4ccccc4)noc3C)sc2c1. The highest BCUT2D eigenvalue weighted by molar-refractivity contribution is 7.22. The fourth-order valence-corrected chi connectivity index (χ4v) is 3.64. The molecule has 5 nitrogen and oxygen atoms in total. The van der Waals surface area contributed by atoms with Crippen molar-refractivity contribution in [1.29, 1.82) is 0 Å². The van der Waals surface area contributed by atoms with Crippen LogP contribution in [-0.4, -0.2) is 16.0 Å². The zero-order valence-electron chi connectivity index (χ0n) is 13.7. The topological polar surface area (TPSA) is 68.0 Å². The van der Waals surface area contributed by atoms with Crippen molar-refractivity contribution in [3.8, 4) is 11.3 Å². The maximum atomic E-state index is 12.8. The molecule has 4 aromatic rings. The third-order valence-electron chi connectivity index (χ3n) is 3.90. The van der Waals surface area contributed by atoms with Gasteiger partial charge in [-0.15, -0.1) is 0 Å². The van der Waals surface area contributed by atoms with Crippen LogP contribution < -0.4 is 5.32 Å². The number of hydrogen-bond donors (Lipinski definition) is 1. The number of nitrogens with zero attached hydrogens (tertiary/aromatic N) is 2. The van der Waals surface area contributed by atoms with E-state index in [-0.39, 0.29) is 5.91 Å². The Bertz CT molecular complexity index is 1070. The summed E-state index contributed by atoms with van der Waals surface area (Å²) in [5.74, 6) is 0.210.